The van der Waals surface area contributed by atoms with E-state index in [2.05, 4.69) is 25.8 Å². The average Bonchev–Trinajstić information content (AvgIpc) is 3.88. The van der Waals surface area contributed by atoms with Crippen LogP contribution in [0.25, 0.3) is 22.0 Å². The van der Waals surface area contributed by atoms with Gasteiger partial charge in [0.1, 0.15) is 17.3 Å². The summed E-state index contributed by atoms with van der Waals surface area (Å²) in [5, 5.41) is 8.78. The smallest absolute Gasteiger partial charge is 0.274 e. The van der Waals surface area contributed by atoms with Gasteiger partial charge in [-0.25, -0.2) is 8.42 Å². The van der Waals surface area contributed by atoms with Gasteiger partial charge in [-0.1, -0.05) is 18.6 Å². The second-order valence-electron chi connectivity index (χ2n) is 16.6. The van der Waals surface area contributed by atoms with E-state index in [0.29, 0.717) is 78.0 Å². The molecule has 1 aliphatic carbocycles. The molecule has 1 saturated heterocycles. The minimum absolute atomic E-state index is 0.192. The van der Waals surface area contributed by atoms with Gasteiger partial charge in [0.25, 0.3) is 23.3 Å². The van der Waals surface area contributed by atoms with Crippen molar-refractivity contribution < 1.29 is 32.4 Å². The summed E-state index contributed by atoms with van der Waals surface area (Å²) in [5.41, 5.74) is 11.7. The molecule has 5 amide bonds. The number of unbranched alkanes of at least 4 members (excludes halogenated alkanes) is 2. The zero-order chi connectivity index (χ0) is 42.5. The molecule has 1 saturated carbocycles. The summed E-state index contributed by atoms with van der Waals surface area (Å²) in [5.74, 6) is -1.73. The molecule has 4 aliphatic rings. The lowest BCUT2D eigenvalue weighted by atomic mass is 9.95. The van der Waals surface area contributed by atoms with E-state index in [9.17, 15) is 37.2 Å². The minimum atomic E-state index is -3.59. The van der Waals surface area contributed by atoms with Crippen molar-refractivity contribution in [2.24, 2.45) is 18.7 Å². The van der Waals surface area contributed by atoms with Crippen LogP contribution in [0.3, 0.4) is 0 Å². The Balaban J connectivity index is 1.01. The molecule has 1 unspecified atom stereocenters. The normalized spacial score (nSPS) is 17.4. The molecule has 0 spiro atoms. The molecule has 1 atom stereocenters. The summed E-state index contributed by atoms with van der Waals surface area (Å²) in [7, 11) is -1.96. The third kappa shape index (κ3) is 8.07. The number of carbonyl (C=O) groups excluding carboxylic acids is 5. The van der Waals surface area contributed by atoms with Crippen molar-refractivity contribution in [3.63, 3.8) is 0 Å². The lowest BCUT2D eigenvalue weighted by Crippen LogP contribution is -2.52. The third-order valence-corrected chi connectivity index (χ3v) is 12.8. The first-order valence-electron chi connectivity index (χ1n) is 20.6. The Morgan fingerprint density at radius 1 is 0.900 bits per heavy atom. The molecule has 6 N–H and O–H groups in total. The van der Waals surface area contributed by atoms with Crippen LogP contribution >= 0.6 is 0 Å². The molecule has 3 aliphatic heterocycles. The number of hydrogen-bond donors (Lipinski definition) is 5. The van der Waals surface area contributed by atoms with Crippen LogP contribution in [0.15, 0.2) is 41.3 Å². The highest BCUT2D eigenvalue weighted by Gasteiger charge is 2.40. The predicted molar refractivity (Wildman–Crippen MR) is 225 cm³/mol. The second kappa shape index (κ2) is 16.3. The Bertz CT molecular complexity index is 2630. The summed E-state index contributed by atoms with van der Waals surface area (Å²) in [4.78, 5) is 85.3. The maximum atomic E-state index is 14.1. The fourth-order valence-corrected chi connectivity index (χ4v) is 9.70. The number of anilines is 1. The average molecular weight is 839 g/mol. The van der Waals surface area contributed by atoms with Gasteiger partial charge in [0, 0.05) is 104 Å². The molecule has 0 bridgehead atoms. The lowest BCUT2D eigenvalue weighted by molar-refractivity contribution is -0.136. The van der Waals surface area contributed by atoms with Crippen LogP contribution in [0.5, 0.6) is 0 Å². The Hall–Kier alpha value is -5.81. The molecule has 5 heterocycles. The highest BCUT2D eigenvalue weighted by molar-refractivity contribution is 7.89. The van der Waals surface area contributed by atoms with E-state index in [1.165, 1.54) is 4.57 Å². The van der Waals surface area contributed by atoms with Crippen molar-refractivity contribution >= 4 is 56.0 Å². The van der Waals surface area contributed by atoms with Gasteiger partial charge in [-0.15, -0.1) is 0 Å². The number of carbonyl (C=O) groups is 5. The van der Waals surface area contributed by atoms with Gasteiger partial charge in [-0.05, 0) is 79.3 Å². The van der Waals surface area contributed by atoms with Crippen molar-refractivity contribution in [1.82, 2.24) is 30.4 Å². The van der Waals surface area contributed by atoms with E-state index in [0.717, 1.165) is 48.8 Å². The van der Waals surface area contributed by atoms with Crippen LogP contribution in [0.4, 0.5) is 5.69 Å². The molecule has 8 rings (SSSR count). The fourth-order valence-electron chi connectivity index (χ4n) is 8.89. The highest BCUT2D eigenvalue weighted by atomic mass is 32.2. The largest absolute Gasteiger partial charge is 0.366 e. The minimum Gasteiger partial charge on any atom is -0.366 e. The third-order valence-electron chi connectivity index (χ3n) is 12.0. The Kier molecular flexibility index (Phi) is 11.1. The summed E-state index contributed by atoms with van der Waals surface area (Å²) in [6, 6.07) is 8.45. The number of hydrogen-bond acceptors (Lipinski definition) is 10. The SMILES string of the molecule is Cn1cc2c3c(c(C(=O)NCCN)[nH]c3c1=O)CN(CC1CC1)c1cc(C(=O)NCCCCCc3cccc4c3CN(C3CCC(=O)NC3=O)C4=O)c(CS(C)(=O)=O)cc1-2. The van der Waals surface area contributed by atoms with Crippen molar-refractivity contribution in [3.8, 4) is 11.1 Å². The fraction of sp³-hybridized carbons (Fsp3) is 0.442. The zero-order valence-electron chi connectivity index (χ0n) is 33.8. The molecule has 316 valence electrons. The molecule has 2 aromatic carbocycles. The monoisotopic (exact) mass is 838 g/mol. The van der Waals surface area contributed by atoms with Gasteiger partial charge in [-0.3, -0.25) is 34.1 Å². The molecule has 2 fully saturated rings. The van der Waals surface area contributed by atoms with Crippen LogP contribution < -0.4 is 32.1 Å². The number of sulfone groups is 1. The van der Waals surface area contributed by atoms with Gasteiger partial charge in [0.15, 0.2) is 9.84 Å². The number of pyridine rings is 1. The van der Waals surface area contributed by atoms with Gasteiger partial charge in [0.2, 0.25) is 11.8 Å². The lowest BCUT2D eigenvalue weighted by Gasteiger charge is -2.29. The number of rotatable bonds is 15. The molecule has 0 radical (unpaired) electrons. The van der Waals surface area contributed by atoms with Gasteiger partial charge in [-0.2, -0.15) is 0 Å². The maximum absolute atomic E-state index is 14.1. The summed E-state index contributed by atoms with van der Waals surface area (Å²) < 4.78 is 27.1. The van der Waals surface area contributed by atoms with Gasteiger partial charge in [0.05, 0.1) is 5.75 Å². The number of amides is 5. The van der Waals surface area contributed by atoms with Crippen LogP contribution in [0.2, 0.25) is 0 Å². The Labute approximate surface area is 347 Å². The van der Waals surface area contributed by atoms with E-state index < -0.39 is 27.7 Å². The molecule has 17 heteroatoms. The Morgan fingerprint density at radius 2 is 1.68 bits per heavy atom. The molecule has 4 aromatic rings. The van der Waals surface area contributed by atoms with Crippen molar-refractivity contribution in [2.45, 2.75) is 76.3 Å². The number of imide groups is 1. The number of aromatic amines is 1. The van der Waals surface area contributed by atoms with E-state index >= 15 is 0 Å². The van der Waals surface area contributed by atoms with Crippen molar-refractivity contribution in [2.75, 3.05) is 37.3 Å². The van der Waals surface area contributed by atoms with Gasteiger partial charge < -0.3 is 35.7 Å². The van der Waals surface area contributed by atoms with E-state index in [1.807, 2.05) is 12.1 Å². The zero-order valence-corrected chi connectivity index (χ0v) is 34.6. The maximum Gasteiger partial charge on any atom is 0.274 e. The summed E-state index contributed by atoms with van der Waals surface area (Å²) >= 11 is 0. The van der Waals surface area contributed by atoms with Crippen LogP contribution in [-0.2, 0) is 51.7 Å². The first-order chi connectivity index (χ1) is 28.7. The van der Waals surface area contributed by atoms with Crippen LogP contribution in [-0.4, -0.2) is 90.9 Å². The number of nitrogens with one attached hydrogen (secondary N) is 4. The first kappa shape index (κ1) is 40.9. The number of benzene rings is 2. The topological polar surface area (TPSA) is 226 Å². The number of nitrogens with zero attached hydrogens (tertiary/aromatic N) is 3. The standard InChI is InChI=1S/C43H50N8O8S/c1-49-20-31-29-17-26(23-60(2,58)59)28(18-34(29)50(19-24-10-11-24)21-32-36(31)38(43(49)57)48-37(32)41(55)46-16-14-44)39(53)45-15-5-3-4-7-25-8-6-9-27-30(25)22-51(42(27)56)33-12-13-35(52)47-40(33)54/h6,8-9,17-18,20,24,33,48H,3-5,7,10-16,19,21-23,44H2,1-2H3,(H,45,53)(H,46,55)(H,47,52,54). The number of aryl methyl sites for hydroxylation is 2. The van der Waals surface area contributed by atoms with Crippen LogP contribution in [0, 0.1) is 5.92 Å². The quantitative estimate of drug-likeness (QED) is 0.0868. The molecular weight excluding hydrogens is 789 g/mol. The van der Waals surface area contributed by atoms with Gasteiger partial charge >= 0.3 is 0 Å². The van der Waals surface area contributed by atoms with Crippen molar-refractivity contribution in [1.29, 1.82) is 0 Å². The van der Waals surface area contributed by atoms with E-state index in [-0.39, 0.29) is 71.9 Å². The number of aromatic nitrogens is 2. The number of H-pyrrole nitrogens is 1. The van der Waals surface area contributed by atoms with Crippen LogP contribution in [0.1, 0.15) is 98.4 Å². The first-order valence-corrected chi connectivity index (χ1v) is 22.6. The highest BCUT2D eigenvalue weighted by Crippen LogP contribution is 2.45. The van der Waals surface area contributed by atoms with E-state index in [1.54, 1.807) is 36.3 Å². The molecule has 16 nitrogen and oxygen atoms in total. The molecule has 60 heavy (non-hydrogen) atoms. The summed E-state index contributed by atoms with van der Waals surface area (Å²) in [6.45, 7) is 2.09. The molecular formula is C43H50N8O8S. The number of nitrogens with two attached hydrogens (primary N) is 1. The van der Waals surface area contributed by atoms with Crippen molar-refractivity contribution in [3.05, 3.63) is 86.0 Å². The Morgan fingerprint density at radius 3 is 2.42 bits per heavy atom. The second-order valence-corrected chi connectivity index (χ2v) is 18.7. The van der Waals surface area contributed by atoms with E-state index in [4.69, 9.17) is 5.73 Å². The summed E-state index contributed by atoms with van der Waals surface area (Å²) in [6.07, 6.45) is 8.32. The number of piperidine rings is 1. The predicted octanol–water partition coefficient (Wildman–Crippen LogP) is 2.40. The number of fused-ring (bicyclic) bond motifs is 3. The molecule has 2 aromatic heterocycles.